The number of nitrogens with zero attached hydrogens (tertiary/aromatic N) is 1. The third-order valence-electron chi connectivity index (χ3n) is 4.93. The zero-order valence-corrected chi connectivity index (χ0v) is 12.4. The summed E-state index contributed by atoms with van der Waals surface area (Å²) in [5.74, 6) is 0. The van der Waals surface area contributed by atoms with Crippen molar-refractivity contribution in [1.82, 2.24) is 10.2 Å². The van der Waals surface area contributed by atoms with E-state index in [1.54, 1.807) is 0 Å². The van der Waals surface area contributed by atoms with Crippen LogP contribution < -0.4 is 5.32 Å². The summed E-state index contributed by atoms with van der Waals surface area (Å²) < 4.78 is 0. The van der Waals surface area contributed by atoms with Crippen molar-refractivity contribution in [2.75, 3.05) is 20.1 Å². The maximum atomic E-state index is 3.82. The molecule has 0 saturated carbocycles. The van der Waals surface area contributed by atoms with Gasteiger partial charge in [-0.3, -0.25) is 0 Å². The molecule has 0 bridgehead atoms. The Labute approximate surface area is 108 Å². The van der Waals surface area contributed by atoms with E-state index in [1.807, 2.05) is 0 Å². The molecule has 1 unspecified atom stereocenters. The van der Waals surface area contributed by atoms with Gasteiger partial charge in [0, 0.05) is 11.6 Å². The normalized spacial score (nSPS) is 22.9. The molecule has 2 nitrogen and oxygen atoms in total. The van der Waals surface area contributed by atoms with E-state index >= 15 is 0 Å². The van der Waals surface area contributed by atoms with Crippen molar-refractivity contribution in [3.05, 3.63) is 0 Å². The number of hydrogen-bond acceptors (Lipinski definition) is 2. The van der Waals surface area contributed by atoms with Crippen LogP contribution in [-0.4, -0.2) is 36.6 Å². The lowest BCUT2D eigenvalue weighted by Gasteiger charge is -2.36. The minimum absolute atomic E-state index is 0.396. The highest BCUT2D eigenvalue weighted by Gasteiger charge is 2.24. The Bertz CT molecular complexity index is 191. The summed E-state index contributed by atoms with van der Waals surface area (Å²) >= 11 is 0. The van der Waals surface area contributed by atoms with Gasteiger partial charge >= 0.3 is 0 Å². The highest BCUT2D eigenvalue weighted by molar-refractivity contribution is 4.85. The predicted molar refractivity (Wildman–Crippen MR) is 76.5 cm³/mol. The smallest absolute Gasteiger partial charge is 0.0173 e. The molecule has 0 radical (unpaired) electrons. The molecule has 0 spiro atoms. The quantitative estimate of drug-likeness (QED) is 0.733. The highest BCUT2D eigenvalue weighted by atomic mass is 15.1. The first kappa shape index (κ1) is 15.0. The first-order valence-electron chi connectivity index (χ1n) is 7.62. The molecule has 0 aromatic heterocycles. The van der Waals surface area contributed by atoms with Crippen LogP contribution in [0, 0.1) is 0 Å². The Balaban J connectivity index is 2.30. The van der Waals surface area contributed by atoms with Crippen LogP contribution in [0.5, 0.6) is 0 Å². The van der Waals surface area contributed by atoms with Gasteiger partial charge in [0.1, 0.15) is 0 Å². The van der Waals surface area contributed by atoms with Crippen molar-refractivity contribution in [2.24, 2.45) is 0 Å². The molecule has 2 heteroatoms. The van der Waals surface area contributed by atoms with Gasteiger partial charge in [-0.2, -0.15) is 0 Å². The molecule has 0 amide bonds. The van der Waals surface area contributed by atoms with E-state index in [1.165, 1.54) is 58.0 Å². The van der Waals surface area contributed by atoms with Crippen LogP contribution >= 0.6 is 0 Å². The summed E-state index contributed by atoms with van der Waals surface area (Å²) in [4.78, 5) is 2.55. The fourth-order valence-corrected chi connectivity index (χ4v) is 3.14. The van der Waals surface area contributed by atoms with Crippen molar-refractivity contribution in [2.45, 2.75) is 77.3 Å². The van der Waals surface area contributed by atoms with Crippen molar-refractivity contribution in [1.29, 1.82) is 0 Å². The number of hydrogen-bond donors (Lipinski definition) is 1. The van der Waals surface area contributed by atoms with Crippen LogP contribution in [-0.2, 0) is 0 Å². The van der Waals surface area contributed by atoms with Crippen molar-refractivity contribution in [3.63, 3.8) is 0 Å². The molecule has 0 aliphatic carbocycles. The van der Waals surface area contributed by atoms with Gasteiger partial charge in [0.15, 0.2) is 0 Å². The molecule has 1 rings (SSSR count). The topological polar surface area (TPSA) is 15.3 Å². The van der Waals surface area contributed by atoms with E-state index in [9.17, 15) is 0 Å². The van der Waals surface area contributed by atoms with Gasteiger partial charge in [0.05, 0.1) is 0 Å². The number of piperidine rings is 1. The van der Waals surface area contributed by atoms with Crippen LogP contribution in [0.4, 0.5) is 0 Å². The maximum absolute atomic E-state index is 3.82. The van der Waals surface area contributed by atoms with E-state index in [-0.39, 0.29) is 0 Å². The average molecular weight is 240 g/mol. The molecule has 102 valence electrons. The molecular weight excluding hydrogens is 208 g/mol. The zero-order valence-electron chi connectivity index (χ0n) is 12.4. The van der Waals surface area contributed by atoms with E-state index in [0.717, 1.165) is 6.04 Å². The van der Waals surface area contributed by atoms with E-state index in [2.05, 4.69) is 38.0 Å². The van der Waals surface area contributed by atoms with Gasteiger partial charge in [-0.15, -0.1) is 0 Å². The van der Waals surface area contributed by atoms with Crippen molar-refractivity contribution in [3.8, 4) is 0 Å². The van der Waals surface area contributed by atoms with Gasteiger partial charge in [-0.1, -0.05) is 27.2 Å². The van der Waals surface area contributed by atoms with Gasteiger partial charge in [-0.05, 0) is 58.7 Å². The molecule has 1 fully saturated rings. The molecule has 1 N–H and O–H groups in total. The van der Waals surface area contributed by atoms with E-state index < -0.39 is 0 Å². The Morgan fingerprint density at radius 1 is 1.12 bits per heavy atom. The summed E-state index contributed by atoms with van der Waals surface area (Å²) in [5.41, 5.74) is 0.396. The van der Waals surface area contributed by atoms with Crippen LogP contribution in [0.15, 0.2) is 0 Å². The third kappa shape index (κ3) is 4.26. The first-order valence-corrected chi connectivity index (χ1v) is 7.62. The van der Waals surface area contributed by atoms with E-state index in [0.29, 0.717) is 5.54 Å². The van der Waals surface area contributed by atoms with Gasteiger partial charge < -0.3 is 10.2 Å². The second kappa shape index (κ2) is 7.38. The molecule has 0 aromatic carbocycles. The SMILES string of the molecule is CCC(CC)(CC)NCCC1CCCCN1C. The second-order valence-corrected chi connectivity index (χ2v) is 5.69. The summed E-state index contributed by atoms with van der Waals surface area (Å²) in [5, 5.41) is 3.82. The van der Waals surface area contributed by atoms with Crippen LogP contribution in [0.25, 0.3) is 0 Å². The minimum Gasteiger partial charge on any atom is -0.311 e. The molecule has 1 saturated heterocycles. The Kier molecular flexibility index (Phi) is 6.50. The average Bonchev–Trinajstić information content (AvgIpc) is 2.37. The second-order valence-electron chi connectivity index (χ2n) is 5.69. The standard InChI is InChI=1S/C15H32N2/c1-5-15(6-2,7-3)16-12-11-14-10-8-9-13-17(14)4/h14,16H,5-13H2,1-4H3. The zero-order chi connectivity index (χ0) is 12.7. The number of nitrogens with one attached hydrogen (secondary N) is 1. The summed E-state index contributed by atoms with van der Waals surface area (Å²) in [6, 6.07) is 0.819. The lowest BCUT2D eigenvalue weighted by molar-refractivity contribution is 0.168. The molecule has 0 aromatic rings. The van der Waals surface area contributed by atoms with E-state index in [4.69, 9.17) is 0 Å². The fourth-order valence-electron chi connectivity index (χ4n) is 3.14. The largest absolute Gasteiger partial charge is 0.311 e. The van der Waals surface area contributed by atoms with Crippen molar-refractivity contribution >= 4 is 0 Å². The Morgan fingerprint density at radius 2 is 1.76 bits per heavy atom. The van der Waals surface area contributed by atoms with Crippen molar-refractivity contribution < 1.29 is 0 Å². The molecule has 1 atom stereocenters. The van der Waals surface area contributed by atoms with Crippen LogP contribution in [0.1, 0.15) is 65.7 Å². The summed E-state index contributed by atoms with van der Waals surface area (Å²) in [6.45, 7) is 9.42. The fraction of sp³-hybridized carbons (Fsp3) is 1.00. The van der Waals surface area contributed by atoms with Crippen LogP contribution in [0.3, 0.4) is 0 Å². The van der Waals surface area contributed by atoms with Gasteiger partial charge in [0.25, 0.3) is 0 Å². The summed E-state index contributed by atoms with van der Waals surface area (Å²) in [7, 11) is 2.29. The Morgan fingerprint density at radius 3 is 2.29 bits per heavy atom. The monoisotopic (exact) mass is 240 g/mol. The number of likely N-dealkylation sites (tertiary alicyclic amines) is 1. The lowest BCUT2D eigenvalue weighted by Crippen LogP contribution is -2.46. The lowest BCUT2D eigenvalue weighted by atomic mass is 9.89. The third-order valence-corrected chi connectivity index (χ3v) is 4.93. The molecular formula is C15H32N2. The first-order chi connectivity index (χ1) is 8.17. The maximum Gasteiger partial charge on any atom is 0.0173 e. The molecule has 1 heterocycles. The van der Waals surface area contributed by atoms with Gasteiger partial charge in [-0.25, -0.2) is 0 Å². The molecule has 1 aliphatic heterocycles. The minimum atomic E-state index is 0.396. The number of rotatable bonds is 7. The summed E-state index contributed by atoms with van der Waals surface area (Å²) in [6.07, 6.45) is 9.29. The van der Waals surface area contributed by atoms with Gasteiger partial charge in [0.2, 0.25) is 0 Å². The van der Waals surface area contributed by atoms with Crippen LogP contribution in [0.2, 0.25) is 0 Å². The predicted octanol–water partition coefficient (Wildman–Crippen LogP) is 3.42. The molecule has 1 aliphatic rings. The highest BCUT2D eigenvalue weighted by Crippen LogP contribution is 2.21. The Hall–Kier alpha value is -0.0800. The molecule has 17 heavy (non-hydrogen) atoms.